The fraction of sp³-hybridized carbons (Fsp3) is 0.333. The van der Waals surface area contributed by atoms with Crippen LogP contribution in [0.2, 0.25) is 0 Å². The Morgan fingerprint density at radius 3 is 2.71 bits per heavy atom. The second kappa shape index (κ2) is 8.19. The number of piperidine rings is 1. The zero-order valence-electron chi connectivity index (χ0n) is 15.9. The van der Waals surface area contributed by atoms with Crippen LogP contribution in [-0.2, 0) is 13.6 Å². The topological polar surface area (TPSA) is 82.7 Å². The van der Waals surface area contributed by atoms with Crippen molar-refractivity contribution in [2.24, 2.45) is 7.05 Å². The second-order valence-electron chi connectivity index (χ2n) is 7.15. The Morgan fingerprint density at radius 1 is 1.18 bits per heavy atom. The Kier molecular flexibility index (Phi) is 5.31. The maximum Gasteiger partial charge on any atom is 0.140 e. The first-order valence-electron chi connectivity index (χ1n) is 9.50. The van der Waals surface area contributed by atoms with Gasteiger partial charge in [0.1, 0.15) is 17.6 Å². The predicted octanol–water partition coefficient (Wildman–Crippen LogP) is 3.20. The molecule has 0 unspecified atom stereocenters. The molecule has 28 heavy (non-hydrogen) atoms. The van der Waals surface area contributed by atoms with E-state index in [1.54, 1.807) is 12.3 Å². The summed E-state index contributed by atoms with van der Waals surface area (Å²) in [6.45, 7) is 3.02. The van der Waals surface area contributed by atoms with Crippen molar-refractivity contribution in [3.63, 3.8) is 0 Å². The lowest BCUT2D eigenvalue weighted by atomic mass is 9.93. The molecule has 0 amide bonds. The summed E-state index contributed by atoms with van der Waals surface area (Å²) in [7, 11) is 1.95. The Balaban J connectivity index is 1.36. The van der Waals surface area contributed by atoms with Gasteiger partial charge in [-0.15, -0.1) is 0 Å². The third-order valence-electron chi connectivity index (χ3n) is 5.08. The molecule has 1 aliphatic rings. The molecular formula is C21H23N7. The average molecular weight is 373 g/mol. The maximum atomic E-state index is 8.85. The normalized spacial score (nSPS) is 15.3. The molecule has 0 saturated carbocycles. The number of hydrogen-bond donors (Lipinski definition) is 1. The standard InChI is InChI=1S/C21H23N7/c1-27-10-9-19(26-27)15-28-11-7-16(8-12-28)20-3-2-4-21(25-20)24-18-6-5-17(13-22)23-14-18/h2-6,9-10,14,16H,7-8,11-12,15H2,1H3,(H,24,25). The molecule has 7 heteroatoms. The molecule has 142 valence electrons. The lowest BCUT2D eigenvalue weighted by Gasteiger charge is -2.31. The van der Waals surface area contributed by atoms with Crippen LogP contribution in [0.15, 0.2) is 48.8 Å². The minimum atomic E-state index is 0.407. The summed E-state index contributed by atoms with van der Waals surface area (Å²) in [5, 5.41) is 16.6. The van der Waals surface area contributed by atoms with Crippen molar-refractivity contribution in [3.05, 3.63) is 65.9 Å². The van der Waals surface area contributed by atoms with E-state index in [0.717, 1.165) is 55.4 Å². The monoisotopic (exact) mass is 373 g/mol. The second-order valence-corrected chi connectivity index (χ2v) is 7.15. The van der Waals surface area contributed by atoms with Gasteiger partial charge < -0.3 is 5.32 Å². The van der Waals surface area contributed by atoms with Crippen molar-refractivity contribution in [1.29, 1.82) is 5.26 Å². The molecule has 0 bridgehead atoms. The number of aryl methyl sites for hydroxylation is 1. The Hall–Kier alpha value is -3.24. The van der Waals surface area contributed by atoms with Gasteiger partial charge in [-0.25, -0.2) is 9.97 Å². The Labute approximate surface area is 164 Å². The summed E-state index contributed by atoms with van der Waals surface area (Å²) in [5.74, 6) is 1.28. The number of nitriles is 1. The molecule has 1 N–H and O–H groups in total. The number of nitrogens with zero attached hydrogens (tertiary/aromatic N) is 6. The lowest BCUT2D eigenvalue weighted by Crippen LogP contribution is -2.32. The molecule has 0 aliphatic carbocycles. The van der Waals surface area contributed by atoms with Crippen LogP contribution in [0, 0.1) is 11.3 Å². The van der Waals surface area contributed by atoms with Gasteiger partial charge in [0.25, 0.3) is 0 Å². The van der Waals surface area contributed by atoms with Gasteiger partial charge in [0.15, 0.2) is 0 Å². The van der Waals surface area contributed by atoms with Gasteiger partial charge in [-0.05, 0) is 56.3 Å². The molecule has 4 rings (SSSR count). The van der Waals surface area contributed by atoms with E-state index in [1.807, 2.05) is 42.2 Å². The van der Waals surface area contributed by atoms with E-state index in [9.17, 15) is 0 Å². The average Bonchev–Trinajstić information content (AvgIpc) is 3.14. The summed E-state index contributed by atoms with van der Waals surface area (Å²) in [6.07, 6.45) is 5.85. The van der Waals surface area contributed by atoms with Crippen molar-refractivity contribution >= 4 is 11.5 Å². The fourth-order valence-corrected chi connectivity index (χ4v) is 3.59. The first kappa shape index (κ1) is 18.1. The van der Waals surface area contributed by atoms with Gasteiger partial charge in [0.05, 0.1) is 17.6 Å². The quantitative estimate of drug-likeness (QED) is 0.739. The summed E-state index contributed by atoms with van der Waals surface area (Å²) >= 11 is 0. The number of pyridine rings is 2. The van der Waals surface area contributed by atoms with Crippen LogP contribution in [0.4, 0.5) is 11.5 Å². The number of hydrogen-bond acceptors (Lipinski definition) is 6. The van der Waals surface area contributed by atoms with Crippen molar-refractivity contribution in [2.45, 2.75) is 25.3 Å². The third-order valence-corrected chi connectivity index (χ3v) is 5.08. The number of anilines is 2. The van der Waals surface area contributed by atoms with Crippen LogP contribution in [0.1, 0.15) is 35.8 Å². The van der Waals surface area contributed by atoms with Crippen LogP contribution in [-0.4, -0.2) is 37.7 Å². The molecular weight excluding hydrogens is 350 g/mol. The number of nitrogens with one attached hydrogen (secondary N) is 1. The van der Waals surface area contributed by atoms with Crippen LogP contribution in [0.25, 0.3) is 0 Å². The van der Waals surface area contributed by atoms with Gasteiger partial charge in [0.2, 0.25) is 0 Å². The first-order chi connectivity index (χ1) is 13.7. The van der Waals surface area contributed by atoms with Crippen LogP contribution >= 0.6 is 0 Å². The molecule has 1 saturated heterocycles. The highest BCUT2D eigenvalue weighted by molar-refractivity contribution is 5.55. The fourth-order valence-electron chi connectivity index (χ4n) is 3.59. The van der Waals surface area contributed by atoms with E-state index in [2.05, 4.69) is 32.4 Å². The molecule has 1 aliphatic heterocycles. The molecule has 0 atom stereocenters. The van der Waals surface area contributed by atoms with E-state index < -0.39 is 0 Å². The molecule has 4 heterocycles. The summed E-state index contributed by atoms with van der Waals surface area (Å²) in [6, 6.07) is 13.8. The summed E-state index contributed by atoms with van der Waals surface area (Å²) in [4.78, 5) is 11.4. The van der Waals surface area contributed by atoms with Crippen molar-refractivity contribution < 1.29 is 0 Å². The zero-order valence-corrected chi connectivity index (χ0v) is 15.9. The lowest BCUT2D eigenvalue weighted by molar-refractivity contribution is 0.201. The summed E-state index contributed by atoms with van der Waals surface area (Å²) in [5.41, 5.74) is 3.49. The minimum absolute atomic E-state index is 0.407. The Bertz CT molecular complexity index is 963. The van der Waals surface area contributed by atoms with E-state index >= 15 is 0 Å². The zero-order chi connectivity index (χ0) is 19.3. The molecule has 0 spiro atoms. The molecule has 0 aromatic carbocycles. The van der Waals surface area contributed by atoms with E-state index in [1.165, 1.54) is 0 Å². The minimum Gasteiger partial charge on any atom is -0.339 e. The largest absolute Gasteiger partial charge is 0.339 e. The maximum absolute atomic E-state index is 8.85. The van der Waals surface area contributed by atoms with Crippen LogP contribution < -0.4 is 5.32 Å². The Morgan fingerprint density at radius 2 is 2.04 bits per heavy atom. The van der Waals surface area contributed by atoms with Crippen LogP contribution in [0.3, 0.4) is 0 Å². The number of rotatable bonds is 5. The van der Waals surface area contributed by atoms with E-state index in [0.29, 0.717) is 11.6 Å². The number of likely N-dealkylation sites (tertiary alicyclic amines) is 1. The molecule has 1 fully saturated rings. The number of aromatic nitrogens is 4. The first-order valence-corrected chi connectivity index (χ1v) is 9.50. The van der Waals surface area contributed by atoms with Crippen LogP contribution in [0.5, 0.6) is 0 Å². The van der Waals surface area contributed by atoms with Gasteiger partial charge in [-0.3, -0.25) is 9.58 Å². The predicted molar refractivity (Wildman–Crippen MR) is 107 cm³/mol. The molecule has 3 aromatic rings. The van der Waals surface area contributed by atoms with Gasteiger partial charge in [-0.2, -0.15) is 10.4 Å². The summed E-state index contributed by atoms with van der Waals surface area (Å²) < 4.78 is 1.86. The van der Waals surface area contributed by atoms with E-state index in [4.69, 9.17) is 10.2 Å². The SMILES string of the molecule is Cn1ccc(CN2CCC(c3cccc(Nc4ccc(C#N)nc4)n3)CC2)n1. The van der Waals surface area contributed by atoms with Crippen molar-refractivity contribution in [1.82, 2.24) is 24.6 Å². The van der Waals surface area contributed by atoms with Gasteiger partial charge in [-0.1, -0.05) is 6.07 Å². The van der Waals surface area contributed by atoms with Crippen molar-refractivity contribution in [3.8, 4) is 6.07 Å². The molecule has 7 nitrogen and oxygen atoms in total. The highest BCUT2D eigenvalue weighted by atomic mass is 15.3. The van der Waals surface area contributed by atoms with Crippen molar-refractivity contribution in [2.75, 3.05) is 18.4 Å². The van der Waals surface area contributed by atoms with Gasteiger partial charge in [0, 0.05) is 31.4 Å². The van der Waals surface area contributed by atoms with Gasteiger partial charge >= 0.3 is 0 Å². The molecule has 3 aromatic heterocycles. The molecule has 0 radical (unpaired) electrons. The highest BCUT2D eigenvalue weighted by Gasteiger charge is 2.22. The highest BCUT2D eigenvalue weighted by Crippen LogP contribution is 2.28. The third kappa shape index (κ3) is 4.35. The smallest absolute Gasteiger partial charge is 0.140 e. The van der Waals surface area contributed by atoms with E-state index in [-0.39, 0.29) is 0 Å².